The van der Waals surface area contributed by atoms with Crippen LogP contribution in [0.3, 0.4) is 0 Å². The predicted octanol–water partition coefficient (Wildman–Crippen LogP) is 3.48. The van der Waals surface area contributed by atoms with Crippen molar-refractivity contribution in [1.29, 1.82) is 0 Å². The molecule has 1 heterocycles. The second-order valence-corrected chi connectivity index (χ2v) is 7.16. The number of hydrogen-bond donors (Lipinski definition) is 1. The van der Waals surface area contributed by atoms with Gasteiger partial charge in [-0.25, -0.2) is 4.79 Å². The maximum Gasteiger partial charge on any atom is 0.321 e. The standard InChI is InChI=1S/C19H26N2O3/c1-13(2)12-24-16-8-9-21(11-16)19(23)20-15-7-6-14-4-3-5-18(22)17(14)10-15/h6-7,10,13,16H,3-5,8-9,11-12H2,1-2H3,(H,20,23)/t16-/m0/s1. The van der Waals surface area contributed by atoms with Gasteiger partial charge >= 0.3 is 6.03 Å². The lowest BCUT2D eigenvalue weighted by Gasteiger charge is -2.20. The van der Waals surface area contributed by atoms with E-state index in [1.807, 2.05) is 18.2 Å². The van der Waals surface area contributed by atoms with Gasteiger partial charge in [0.15, 0.2) is 5.78 Å². The number of urea groups is 1. The molecule has 1 aliphatic heterocycles. The molecule has 130 valence electrons. The van der Waals surface area contributed by atoms with Gasteiger partial charge < -0.3 is 15.0 Å². The van der Waals surface area contributed by atoms with Gasteiger partial charge in [0.1, 0.15) is 0 Å². The number of hydrogen-bond acceptors (Lipinski definition) is 3. The Morgan fingerprint density at radius 3 is 3.00 bits per heavy atom. The number of likely N-dealkylation sites (tertiary alicyclic amines) is 1. The summed E-state index contributed by atoms with van der Waals surface area (Å²) in [6.07, 6.45) is 3.47. The van der Waals surface area contributed by atoms with Gasteiger partial charge in [-0.1, -0.05) is 19.9 Å². The van der Waals surface area contributed by atoms with E-state index in [1.54, 1.807) is 4.90 Å². The van der Waals surface area contributed by atoms with Crippen molar-refractivity contribution in [3.63, 3.8) is 0 Å². The van der Waals surface area contributed by atoms with Crippen molar-refractivity contribution in [1.82, 2.24) is 4.90 Å². The van der Waals surface area contributed by atoms with Crippen molar-refractivity contribution >= 4 is 17.5 Å². The summed E-state index contributed by atoms with van der Waals surface area (Å²) < 4.78 is 5.82. The number of carbonyl (C=O) groups excluding carboxylic acids is 2. The zero-order chi connectivity index (χ0) is 17.1. The average molecular weight is 330 g/mol. The van der Waals surface area contributed by atoms with Crippen LogP contribution in [0.5, 0.6) is 0 Å². The normalized spacial score (nSPS) is 20.4. The molecule has 3 rings (SSSR count). The van der Waals surface area contributed by atoms with Crippen LogP contribution in [0, 0.1) is 5.92 Å². The lowest BCUT2D eigenvalue weighted by Crippen LogP contribution is -2.34. The van der Waals surface area contributed by atoms with Crippen LogP contribution in [0.4, 0.5) is 10.5 Å². The number of ketones is 1. The van der Waals surface area contributed by atoms with E-state index >= 15 is 0 Å². The molecular weight excluding hydrogens is 304 g/mol. The molecule has 5 nitrogen and oxygen atoms in total. The summed E-state index contributed by atoms with van der Waals surface area (Å²) in [5, 5.41) is 2.92. The number of rotatable bonds is 4. The van der Waals surface area contributed by atoms with Crippen LogP contribution < -0.4 is 5.32 Å². The Kier molecular flexibility index (Phi) is 5.19. The number of ether oxygens (including phenoxy) is 1. The first kappa shape index (κ1) is 17.0. The third-order valence-electron chi connectivity index (χ3n) is 4.61. The zero-order valence-corrected chi connectivity index (χ0v) is 14.5. The average Bonchev–Trinajstić information content (AvgIpc) is 3.03. The van der Waals surface area contributed by atoms with Crippen LogP contribution in [-0.4, -0.2) is 42.5 Å². The highest BCUT2D eigenvalue weighted by molar-refractivity contribution is 6.00. The first-order chi connectivity index (χ1) is 11.5. The Labute approximate surface area is 143 Å². The number of carbonyl (C=O) groups is 2. The fourth-order valence-electron chi connectivity index (χ4n) is 3.29. The largest absolute Gasteiger partial charge is 0.376 e. The minimum atomic E-state index is -0.117. The molecule has 1 aliphatic carbocycles. The van der Waals surface area contributed by atoms with E-state index in [0.717, 1.165) is 37.0 Å². The number of fused-ring (bicyclic) bond motifs is 1. The molecule has 2 aliphatic rings. The zero-order valence-electron chi connectivity index (χ0n) is 14.5. The van der Waals surface area contributed by atoms with Crippen molar-refractivity contribution in [3.05, 3.63) is 29.3 Å². The summed E-state index contributed by atoms with van der Waals surface area (Å²) >= 11 is 0. The quantitative estimate of drug-likeness (QED) is 0.919. The van der Waals surface area contributed by atoms with E-state index in [0.29, 0.717) is 31.1 Å². The van der Waals surface area contributed by atoms with Gasteiger partial charge in [0, 0.05) is 37.4 Å². The minimum Gasteiger partial charge on any atom is -0.376 e. The van der Waals surface area contributed by atoms with Gasteiger partial charge in [-0.05, 0) is 42.9 Å². The molecule has 0 bridgehead atoms. The Hall–Kier alpha value is -1.88. The monoisotopic (exact) mass is 330 g/mol. The highest BCUT2D eigenvalue weighted by Gasteiger charge is 2.27. The number of aryl methyl sites for hydroxylation is 1. The number of nitrogens with one attached hydrogen (secondary N) is 1. The predicted molar refractivity (Wildman–Crippen MR) is 93.5 cm³/mol. The summed E-state index contributed by atoms with van der Waals surface area (Å²) in [4.78, 5) is 26.2. The Morgan fingerprint density at radius 2 is 2.21 bits per heavy atom. The maximum atomic E-state index is 12.4. The third-order valence-corrected chi connectivity index (χ3v) is 4.61. The van der Waals surface area contributed by atoms with Crippen LogP contribution in [0.25, 0.3) is 0 Å². The van der Waals surface area contributed by atoms with Crippen LogP contribution >= 0.6 is 0 Å². The molecule has 2 amide bonds. The summed E-state index contributed by atoms with van der Waals surface area (Å²) in [5.41, 5.74) is 2.55. The molecule has 5 heteroatoms. The van der Waals surface area contributed by atoms with E-state index in [1.165, 1.54) is 0 Å². The summed E-state index contributed by atoms with van der Waals surface area (Å²) in [6.45, 7) is 6.31. The van der Waals surface area contributed by atoms with Gasteiger partial charge in [-0.2, -0.15) is 0 Å². The topological polar surface area (TPSA) is 58.6 Å². The van der Waals surface area contributed by atoms with E-state index in [9.17, 15) is 9.59 Å². The fraction of sp³-hybridized carbons (Fsp3) is 0.579. The van der Waals surface area contributed by atoms with E-state index in [-0.39, 0.29) is 17.9 Å². The van der Waals surface area contributed by atoms with Crippen molar-refractivity contribution in [2.45, 2.75) is 45.6 Å². The Balaban J connectivity index is 1.58. The third kappa shape index (κ3) is 3.96. The molecule has 1 aromatic rings. The number of anilines is 1. The Bertz CT molecular complexity index is 627. The molecule has 0 radical (unpaired) electrons. The summed E-state index contributed by atoms with van der Waals surface area (Å²) in [5.74, 6) is 0.677. The fourth-order valence-corrected chi connectivity index (χ4v) is 3.29. The molecule has 1 N–H and O–H groups in total. The molecular formula is C19H26N2O3. The smallest absolute Gasteiger partial charge is 0.321 e. The molecule has 0 saturated carbocycles. The second-order valence-electron chi connectivity index (χ2n) is 7.16. The highest BCUT2D eigenvalue weighted by atomic mass is 16.5. The van der Waals surface area contributed by atoms with E-state index < -0.39 is 0 Å². The summed E-state index contributed by atoms with van der Waals surface area (Å²) in [6, 6.07) is 5.55. The lowest BCUT2D eigenvalue weighted by molar-refractivity contribution is 0.0440. The number of benzene rings is 1. The van der Waals surface area contributed by atoms with Gasteiger partial charge in [0.05, 0.1) is 6.10 Å². The highest BCUT2D eigenvalue weighted by Crippen LogP contribution is 2.25. The van der Waals surface area contributed by atoms with Gasteiger partial charge in [-0.15, -0.1) is 0 Å². The first-order valence-corrected chi connectivity index (χ1v) is 8.86. The summed E-state index contributed by atoms with van der Waals surface area (Å²) in [7, 11) is 0. The lowest BCUT2D eigenvalue weighted by atomic mass is 9.90. The Morgan fingerprint density at radius 1 is 1.38 bits per heavy atom. The minimum absolute atomic E-state index is 0.117. The molecule has 1 fully saturated rings. The molecule has 1 aromatic carbocycles. The second kappa shape index (κ2) is 7.34. The molecule has 24 heavy (non-hydrogen) atoms. The van der Waals surface area contributed by atoms with Crippen LogP contribution in [0.15, 0.2) is 18.2 Å². The van der Waals surface area contributed by atoms with Crippen molar-refractivity contribution in [2.24, 2.45) is 5.92 Å². The van der Waals surface area contributed by atoms with Gasteiger partial charge in [-0.3, -0.25) is 4.79 Å². The molecule has 1 atom stereocenters. The van der Waals surface area contributed by atoms with Crippen molar-refractivity contribution in [2.75, 3.05) is 25.0 Å². The SMILES string of the molecule is CC(C)CO[C@H]1CCN(C(=O)Nc2ccc3c(c2)C(=O)CCC3)C1. The van der Waals surface area contributed by atoms with Crippen molar-refractivity contribution in [3.8, 4) is 0 Å². The molecule has 0 unspecified atom stereocenters. The van der Waals surface area contributed by atoms with Crippen LogP contribution in [0.1, 0.15) is 49.0 Å². The molecule has 0 spiro atoms. The first-order valence-electron chi connectivity index (χ1n) is 8.86. The van der Waals surface area contributed by atoms with Gasteiger partial charge in [0.25, 0.3) is 0 Å². The maximum absolute atomic E-state index is 12.4. The van der Waals surface area contributed by atoms with Crippen LogP contribution in [-0.2, 0) is 11.2 Å². The number of nitrogens with zero attached hydrogens (tertiary/aromatic N) is 1. The van der Waals surface area contributed by atoms with E-state index in [2.05, 4.69) is 19.2 Å². The van der Waals surface area contributed by atoms with Crippen LogP contribution in [0.2, 0.25) is 0 Å². The number of Topliss-reactive ketones (excluding diaryl/α,β-unsaturated/α-hetero) is 1. The molecule has 0 aromatic heterocycles. The molecule has 1 saturated heterocycles. The van der Waals surface area contributed by atoms with Crippen molar-refractivity contribution < 1.29 is 14.3 Å². The number of amides is 2. The van der Waals surface area contributed by atoms with Gasteiger partial charge in [0.2, 0.25) is 0 Å². The van der Waals surface area contributed by atoms with E-state index in [4.69, 9.17) is 4.74 Å².